The SMILES string of the molecule is Cc1c(F)c(-c2c(-c3ccc4c(=O)[nH]nc(CN)c4c3)cnn2C)c(C#N)c2ncc(Cl)cc12. The Kier molecular flexibility index (Phi) is 5.12. The number of aromatic nitrogens is 5. The molecule has 0 saturated carbocycles. The molecule has 5 aromatic rings. The number of benzene rings is 2. The van der Waals surface area contributed by atoms with Crippen LogP contribution in [0.4, 0.5) is 4.39 Å². The Morgan fingerprint density at radius 2 is 2.03 bits per heavy atom. The molecule has 0 radical (unpaired) electrons. The lowest BCUT2D eigenvalue weighted by atomic mass is 9.92. The zero-order valence-electron chi connectivity index (χ0n) is 18.1. The number of nitriles is 1. The van der Waals surface area contributed by atoms with Crippen LogP contribution in [0, 0.1) is 24.1 Å². The molecule has 168 valence electrons. The van der Waals surface area contributed by atoms with E-state index >= 15 is 4.39 Å². The summed E-state index contributed by atoms with van der Waals surface area (Å²) in [5.41, 5.74) is 8.52. The number of pyridine rings is 1. The molecular formula is C24H17ClFN7O. The zero-order valence-corrected chi connectivity index (χ0v) is 18.9. The standard InChI is InChI=1S/C24H17ClFN7O/c1-11-15-6-13(25)9-29-22(15)17(7-27)20(21(11)26)23-18(10-30-33(23)2)12-3-4-14-16(5-12)19(8-28)31-32-24(14)34/h3-6,9-10H,8,28H2,1-2H3,(H,32,34). The first-order valence-corrected chi connectivity index (χ1v) is 10.6. The van der Waals surface area contributed by atoms with Crippen LogP contribution >= 0.6 is 11.6 Å². The lowest BCUT2D eigenvalue weighted by Crippen LogP contribution is -2.13. The first-order chi connectivity index (χ1) is 16.3. The van der Waals surface area contributed by atoms with Gasteiger partial charge in [0.1, 0.15) is 11.9 Å². The fraction of sp³-hybridized carbons (Fsp3) is 0.125. The van der Waals surface area contributed by atoms with Crippen molar-refractivity contribution < 1.29 is 4.39 Å². The van der Waals surface area contributed by atoms with Crippen LogP contribution in [-0.2, 0) is 13.6 Å². The number of nitrogens with two attached hydrogens (primary N) is 1. The average molecular weight is 474 g/mol. The van der Waals surface area contributed by atoms with Crippen LogP contribution in [0.1, 0.15) is 16.8 Å². The Balaban J connectivity index is 1.85. The molecule has 0 aliphatic rings. The molecule has 0 amide bonds. The van der Waals surface area contributed by atoms with Gasteiger partial charge in [-0.3, -0.25) is 14.5 Å². The van der Waals surface area contributed by atoms with Gasteiger partial charge in [0.2, 0.25) is 0 Å². The Hall–Kier alpha value is -4.13. The predicted molar refractivity (Wildman–Crippen MR) is 128 cm³/mol. The summed E-state index contributed by atoms with van der Waals surface area (Å²) < 4.78 is 17.4. The minimum absolute atomic E-state index is 0.0844. The highest BCUT2D eigenvalue weighted by Crippen LogP contribution is 2.40. The van der Waals surface area contributed by atoms with E-state index < -0.39 is 5.82 Å². The van der Waals surface area contributed by atoms with E-state index in [-0.39, 0.29) is 23.2 Å². The highest BCUT2D eigenvalue weighted by Gasteiger charge is 2.25. The highest BCUT2D eigenvalue weighted by molar-refractivity contribution is 6.31. The van der Waals surface area contributed by atoms with Crippen LogP contribution in [0.5, 0.6) is 0 Å². The molecule has 3 heterocycles. The summed E-state index contributed by atoms with van der Waals surface area (Å²) in [5, 5.41) is 22.7. The molecule has 0 atom stereocenters. The first kappa shape index (κ1) is 21.7. The monoisotopic (exact) mass is 473 g/mol. The molecule has 0 saturated heterocycles. The molecule has 0 fully saturated rings. The molecule has 0 aliphatic heterocycles. The second kappa shape index (κ2) is 8.02. The molecule has 0 unspecified atom stereocenters. The maximum atomic E-state index is 15.8. The Bertz CT molecular complexity index is 1730. The van der Waals surface area contributed by atoms with Crippen LogP contribution in [0.2, 0.25) is 5.02 Å². The van der Waals surface area contributed by atoms with Gasteiger partial charge in [-0.25, -0.2) is 9.49 Å². The molecule has 2 aromatic carbocycles. The van der Waals surface area contributed by atoms with E-state index in [2.05, 4.69) is 26.3 Å². The Morgan fingerprint density at radius 1 is 1.24 bits per heavy atom. The molecule has 0 aliphatic carbocycles. The molecule has 8 nitrogen and oxygen atoms in total. The summed E-state index contributed by atoms with van der Waals surface area (Å²) in [6.45, 7) is 1.75. The number of H-pyrrole nitrogens is 1. The number of fused-ring (bicyclic) bond motifs is 2. The van der Waals surface area contributed by atoms with Gasteiger partial charge in [0.15, 0.2) is 0 Å². The van der Waals surface area contributed by atoms with Crippen molar-refractivity contribution in [1.82, 2.24) is 25.0 Å². The van der Waals surface area contributed by atoms with Crippen molar-refractivity contribution in [2.45, 2.75) is 13.5 Å². The van der Waals surface area contributed by atoms with E-state index in [9.17, 15) is 10.1 Å². The number of aromatic amines is 1. The maximum absolute atomic E-state index is 15.8. The largest absolute Gasteiger partial charge is 0.325 e. The second-order valence-electron chi connectivity index (χ2n) is 7.84. The lowest BCUT2D eigenvalue weighted by molar-refractivity contribution is 0.621. The minimum Gasteiger partial charge on any atom is -0.325 e. The van der Waals surface area contributed by atoms with Crippen LogP contribution < -0.4 is 11.3 Å². The third-order valence-electron chi connectivity index (χ3n) is 5.95. The minimum atomic E-state index is -0.556. The summed E-state index contributed by atoms with van der Waals surface area (Å²) in [6.07, 6.45) is 3.02. The number of halogens is 2. The van der Waals surface area contributed by atoms with Crippen molar-refractivity contribution >= 4 is 33.3 Å². The van der Waals surface area contributed by atoms with Crippen LogP contribution in [0.25, 0.3) is 44.1 Å². The van der Waals surface area contributed by atoms with Crippen LogP contribution in [0.3, 0.4) is 0 Å². The number of hydrogen-bond donors (Lipinski definition) is 2. The molecule has 0 spiro atoms. The van der Waals surface area contributed by atoms with E-state index in [1.54, 1.807) is 44.4 Å². The zero-order chi connectivity index (χ0) is 24.1. The molecule has 3 N–H and O–H groups in total. The summed E-state index contributed by atoms with van der Waals surface area (Å²) in [4.78, 5) is 16.5. The van der Waals surface area contributed by atoms with Crippen molar-refractivity contribution in [1.29, 1.82) is 5.26 Å². The molecular weight excluding hydrogens is 457 g/mol. The smallest absolute Gasteiger partial charge is 0.272 e. The van der Waals surface area contributed by atoms with E-state index in [0.717, 1.165) is 0 Å². The van der Waals surface area contributed by atoms with E-state index in [0.29, 0.717) is 54.8 Å². The number of nitrogens with one attached hydrogen (secondary N) is 1. The van der Waals surface area contributed by atoms with Gasteiger partial charge >= 0.3 is 0 Å². The summed E-state index contributed by atoms with van der Waals surface area (Å²) in [6, 6.07) is 8.90. The van der Waals surface area contributed by atoms with Gasteiger partial charge in [-0.2, -0.15) is 15.5 Å². The van der Waals surface area contributed by atoms with Crippen molar-refractivity contribution in [3.63, 3.8) is 0 Å². The molecule has 5 rings (SSSR count). The van der Waals surface area contributed by atoms with Gasteiger partial charge < -0.3 is 5.73 Å². The first-order valence-electron chi connectivity index (χ1n) is 10.3. The third kappa shape index (κ3) is 3.15. The second-order valence-corrected chi connectivity index (χ2v) is 8.28. The number of rotatable bonds is 3. The maximum Gasteiger partial charge on any atom is 0.272 e. The number of nitrogens with zero attached hydrogens (tertiary/aromatic N) is 5. The van der Waals surface area contributed by atoms with Crippen molar-refractivity contribution in [2.75, 3.05) is 0 Å². The molecule has 0 bridgehead atoms. The van der Waals surface area contributed by atoms with Gasteiger partial charge in [0, 0.05) is 36.1 Å². The van der Waals surface area contributed by atoms with Crippen LogP contribution in [-0.4, -0.2) is 25.0 Å². The number of hydrogen-bond acceptors (Lipinski definition) is 6. The lowest BCUT2D eigenvalue weighted by Gasteiger charge is -2.15. The fourth-order valence-electron chi connectivity index (χ4n) is 4.28. The Labute approximate surface area is 197 Å². The van der Waals surface area contributed by atoms with Gasteiger partial charge in [-0.05, 0) is 36.2 Å². The van der Waals surface area contributed by atoms with E-state index in [1.165, 1.54) is 10.9 Å². The van der Waals surface area contributed by atoms with Crippen molar-refractivity contribution in [3.05, 3.63) is 74.7 Å². The van der Waals surface area contributed by atoms with Crippen molar-refractivity contribution in [3.8, 4) is 28.5 Å². The van der Waals surface area contributed by atoms with Crippen molar-refractivity contribution in [2.24, 2.45) is 12.8 Å². The predicted octanol–water partition coefficient (Wildman–Crippen LogP) is 3.97. The third-order valence-corrected chi connectivity index (χ3v) is 6.16. The van der Waals surface area contributed by atoms with Crippen LogP contribution in [0.15, 0.2) is 41.5 Å². The Morgan fingerprint density at radius 3 is 2.76 bits per heavy atom. The number of aryl methyl sites for hydroxylation is 2. The van der Waals surface area contributed by atoms with Gasteiger partial charge in [0.05, 0.1) is 44.6 Å². The van der Waals surface area contributed by atoms with E-state index in [4.69, 9.17) is 17.3 Å². The average Bonchev–Trinajstić information content (AvgIpc) is 3.22. The fourth-order valence-corrected chi connectivity index (χ4v) is 4.44. The molecule has 3 aromatic heterocycles. The summed E-state index contributed by atoms with van der Waals surface area (Å²) in [7, 11) is 1.67. The summed E-state index contributed by atoms with van der Waals surface area (Å²) in [5.74, 6) is -0.556. The molecule has 10 heteroatoms. The van der Waals surface area contributed by atoms with Gasteiger partial charge in [-0.15, -0.1) is 0 Å². The highest BCUT2D eigenvalue weighted by atomic mass is 35.5. The van der Waals surface area contributed by atoms with E-state index in [1.807, 2.05) is 0 Å². The topological polar surface area (TPSA) is 126 Å². The van der Waals surface area contributed by atoms with Gasteiger partial charge in [-0.1, -0.05) is 17.7 Å². The normalized spacial score (nSPS) is 11.3. The quantitative estimate of drug-likeness (QED) is 0.408. The molecule has 34 heavy (non-hydrogen) atoms. The van der Waals surface area contributed by atoms with Gasteiger partial charge in [0.25, 0.3) is 5.56 Å². The summed E-state index contributed by atoms with van der Waals surface area (Å²) >= 11 is 6.07.